The molecule has 65 heavy (non-hydrogen) atoms. The monoisotopic (exact) mass is 959 g/mol. The molecule has 0 N–H and O–H groups in total. The Kier molecular flexibility index (Phi) is 31.8. The first kappa shape index (κ1) is 59.6. The Morgan fingerprint density at radius 2 is 0.600 bits per heavy atom. The first-order valence-electron chi connectivity index (χ1n) is 26.0. The van der Waals surface area contributed by atoms with Crippen molar-refractivity contribution in [3.8, 4) is 0 Å². The van der Waals surface area contributed by atoms with Gasteiger partial charge in [-0.25, -0.2) is 16.8 Å². The number of benzene rings is 4. The van der Waals surface area contributed by atoms with Crippen molar-refractivity contribution >= 4 is 79.5 Å². The Bertz CT molecular complexity index is 1960. The minimum absolute atomic E-state index is 0. The Labute approximate surface area is 427 Å². The van der Waals surface area contributed by atoms with E-state index in [2.05, 4.69) is 27.7 Å². The second kappa shape index (κ2) is 34.7. The Balaban J connectivity index is 0.000000440. The van der Waals surface area contributed by atoms with E-state index in [1.165, 1.54) is 128 Å². The maximum atomic E-state index is 12.4. The van der Waals surface area contributed by atoms with Crippen molar-refractivity contribution in [1.82, 2.24) is 0 Å². The number of hydrogen-bond donors (Lipinski definition) is 0. The fourth-order valence-corrected chi connectivity index (χ4v) is 11.5. The van der Waals surface area contributed by atoms with Gasteiger partial charge in [0.25, 0.3) is 0 Å². The molecule has 4 aromatic rings. The van der Waals surface area contributed by atoms with E-state index in [0.29, 0.717) is 25.7 Å². The third-order valence-corrected chi connectivity index (χ3v) is 15.0. The maximum absolute atomic E-state index is 12.4. The van der Waals surface area contributed by atoms with E-state index in [1.807, 2.05) is 60.7 Å². The molecule has 0 spiro atoms. The zero-order chi connectivity index (χ0) is 46.5. The molecule has 0 unspecified atom stereocenters. The van der Waals surface area contributed by atoms with Gasteiger partial charge in [0.2, 0.25) is 0 Å². The van der Waals surface area contributed by atoms with Crippen LogP contribution in [0.3, 0.4) is 0 Å². The van der Waals surface area contributed by atoms with Crippen molar-refractivity contribution in [3.63, 3.8) is 0 Å². The Morgan fingerprint density at radius 3 is 0.877 bits per heavy atom. The fourth-order valence-electron chi connectivity index (χ4n) is 9.49. The first-order chi connectivity index (χ1) is 31.0. The second-order valence-electron chi connectivity index (χ2n) is 18.5. The quantitative estimate of drug-likeness (QED) is 0.0262. The van der Waals surface area contributed by atoms with Gasteiger partial charge in [-0.15, -0.1) is 0 Å². The Morgan fingerprint density at radius 1 is 0.354 bits per heavy atom. The van der Waals surface area contributed by atoms with Crippen LogP contribution in [0.1, 0.15) is 230 Å². The molecule has 0 radical (unpaired) electrons. The van der Waals surface area contributed by atoms with Crippen LogP contribution in [-0.4, -0.2) is 63.7 Å². The van der Waals surface area contributed by atoms with E-state index in [1.54, 1.807) is 0 Å². The molecule has 0 aliphatic rings. The predicted octanol–water partition coefficient (Wildman–Crippen LogP) is 16.3. The smallest absolute Gasteiger partial charge is 0.744 e. The summed E-state index contributed by atoms with van der Waals surface area (Å²) in [6.07, 6.45) is 35.5. The molecular weight excluding hydrogens is 873 g/mol. The molecule has 0 fully saturated rings. The van der Waals surface area contributed by atoms with Crippen LogP contribution in [0.5, 0.6) is 0 Å². The molecule has 6 nitrogen and oxygen atoms in total. The minimum atomic E-state index is -4.51. The van der Waals surface area contributed by atoms with Crippen LogP contribution in [0.2, 0.25) is 0 Å². The van der Waals surface area contributed by atoms with Gasteiger partial charge < -0.3 is 9.11 Å². The van der Waals surface area contributed by atoms with Gasteiger partial charge in [0, 0.05) is 0 Å². The van der Waals surface area contributed by atoms with Crippen LogP contribution < -0.4 is 0 Å². The van der Waals surface area contributed by atoms with E-state index < -0.39 is 20.2 Å². The van der Waals surface area contributed by atoms with Crippen molar-refractivity contribution in [2.75, 3.05) is 0 Å². The fraction of sp³-hybridized carbons (Fsp3) is 0.643. The standard InChI is InChI=1S/2C28H44O3S.Ca/c2*1-3-5-7-9-11-13-15-20-25-23-24-19-17-18-21-26(24)27(28(25)32(29,30)31)22-16-14-12-10-8-6-4-2;/h2*17-19,21,23H,3-16,20,22H2,1-2H3,(H,29,30,31);/q;;+2/p-2. The van der Waals surface area contributed by atoms with Gasteiger partial charge >= 0.3 is 37.7 Å². The molecule has 0 amide bonds. The summed E-state index contributed by atoms with van der Waals surface area (Å²) in [5, 5.41) is 3.96. The second-order valence-corrected chi connectivity index (χ2v) is 21.2. The molecule has 0 saturated carbocycles. The van der Waals surface area contributed by atoms with Crippen LogP contribution in [0.4, 0.5) is 0 Å². The van der Waals surface area contributed by atoms with Crippen molar-refractivity contribution in [3.05, 3.63) is 82.9 Å². The van der Waals surface area contributed by atoms with Crippen LogP contribution in [0, 0.1) is 0 Å². The van der Waals surface area contributed by atoms with Gasteiger partial charge in [-0.1, -0.05) is 230 Å². The van der Waals surface area contributed by atoms with E-state index >= 15 is 0 Å². The number of unbranched alkanes of at least 4 members (excludes halogenated alkanes) is 24. The summed E-state index contributed by atoms with van der Waals surface area (Å²) in [5.41, 5.74) is 2.96. The van der Waals surface area contributed by atoms with E-state index in [9.17, 15) is 25.9 Å². The van der Waals surface area contributed by atoms with Gasteiger partial charge in [-0.05, 0) is 107 Å². The van der Waals surface area contributed by atoms with E-state index in [-0.39, 0.29) is 47.5 Å². The summed E-state index contributed by atoms with van der Waals surface area (Å²) in [5.74, 6) is 0. The average Bonchev–Trinajstić information content (AvgIpc) is 3.27. The number of fused-ring (bicyclic) bond motifs is 2. The molecule has 0 atom stereocenters. The largest absolute Gasteiger partial charge is 2.00 e. The van der Waals surface area contributed by atoms with Crippen molar-refractivity contribution in [2.45, 2.75) is 243 Å². The molecule has 0 aliphatic carbocycles. The summed E-state index contributed by atoms with van der Waals surface area (Å²) >= 11 is 0. The number of aryl methyl sites for hydroxylation is 4. The zero-order valence-electron chi connectivity index (χ0n) is 41.4. The van der Waals surface area contributed by atoms with E-state index in [0.717, 1.165) is 95.2 Å². The van der Waals surface area contributed by atoms with Gasteiger partial charge in [0.15, 0.2) is 0 Å². The summed E-state index contributed by atoms with van der Waals surface area (Å²) in [4.78, 5) is 0.154. The zero-order valence-corrected chi connectivity index (χ0v) is 45.2. The molecule has 0 saturated heterocycles. The average molecular weight is 960 g/mol. The van der Waals surface area contributed by atoms with Crippen LogP contribution in [0.25, 0.3) is 21.5 Å². The number of hydrogen-bond acceptors (Lipinski definition) is 6. The van der Waals surface area contributed by atoms with Crippen LogP contribution in [0.15, 0.2) is 70.5 Å². The third kappa shape index (κ3) is 22.6. The van der Waals surface area contributed by atoms with E-state index in [4.69, 9.17) is 0 Å². The van der Waals surface area contributed by atoms with Crippen molar-refractivity contribution in [1.29, 1.82) is 0 Å². The molecular formula is C56H86CaO6S2. The molecule has 0 aromatic heterocycles. The summed E-state index contributed by atoms with van der Waals surface area (Å²) < 4.78 is 74.3. The number of rotatable bonds is 34. The van der Waals surface area contributed by atoms with Gasteiger partial charge in [0.1, 0.15) is 20.2 Å². The maximum Gasteiger partial charge on any atom is 2.00 e. The van der Waals surface area contributed by atoms with Crippen molar-refractivity contribution < 1.29 is 25.9 Å². The summed E-state index contributed by atoms with van der Waals surface area (Å²) in [6, 6.07) is 19.8. The predicted molar refractivity (Wildman–Crippen MR) is 276 cm³/mol. The van der Waals surface area contributed by atoms with Gasteiger partial charge in [-0.2, -0.15) is 0 Å². The Hall–Kier alpha value is -1.52. The third-order valence-electron chi connectivity index (χ3n) is 13.0. The summed E-state index contributed by atoms with van der Waals surface area (Å²) in [6.45, 7) is 8.87. The molecule has 4 aromatic carbocycles. The van der Waals surface area contributed by atoms with Gasteiger partial charge in [0.05, 0.1) is 9.79 Å². The molecule has 0 bridgehead atoms. The first-order valence-corrected chi connectivity index (χ1v) is 28.8. The summed E-state index contributed by atoms with van der Waals surface area (Å²) in [7, 11) is -9.03. The molecule has 0 aliphatic heterocycles. The molecule has 4 rings (SSSR count). The van der Waals surface area contributed by atoms with Crippen molar-refractivity contribution in [2.24, 2.45) is 0 Å². The van der Waals surface area contributed by atoms with Crippen LogP contribution >= 0.6 is 0 Å². The van der Waals surface area contributed by atoms with Crippen LogP contribution in [-0.2, 0) is 45.9 Å². The minimum Gasteiger partial charge on any atom is -0.744 e. The normalized spacial score (nSPS) is 11.8. The SMILES string of the molecule is CCCCCCCCCc1cc2ccccc2c(CCCCCCCCC)c1S(=O)(=O)[O-].CCCCCCCCCc1cc2ccccc2c(CCCCCCCCC)c1S(=O)(=O)[O-].[Ca+2]. The van der Waals surface area contributed by atoms with Gasteiger partial charge in [-0.3, -0.25) is 0 Å². The molecule has 0 heterocycles. The molecule has 9 heteroatoms. The molecule has 360 valence electrons. The topological polar surface area (TPSA) is 114 Å².